The summed E-state index contributed by atoms with van der Waals surface area (Å²) < 4.78 is 31.6. The van der Waals surface area contributed by atoms with Crippen LogP contribution in [0.3, 0.4) is 0 Å². The van der Waals surface area contributed by atoms with Gasteiger partial charge in [-0.2, -0.15) is 14.6 Å². The monoisotopic (exact) mass is 443 g/mol. The molecule has 9 heteroatoms. The second kappa shape index (κ2) is 7.77. The Labute approximate surface area is 188 Å². The summed E-state index contributed by atoms with van der Waals surface area (Å²) in [7, 11) is 0. The zero-order valence-electron chi connectivity index (χ0n) is 17.5. The molecule has 5 aromatic rings. The van der Waals surface area contributed by atoms with Crippen LogP contribution in [-0.2, 0) is 0 Å². The SMILES string of the molecule is Fc1ccc(F)c([C@H]2CCCN2c2ccn3ncc(-n4cc(-c5ccccc5)cn4)c3n2)n1. The average molecular weight is 443 g/mol. The molecule has 0 amide bonds. The predicted octanol–water partition coefficient (Wildman–Crippen LogP) is 4.60. The molecule has 164 valence electrons. The summed E-state index contributed by atoms with van der Waals surface area (Å²) in [6.07, 6.45) is 8.77. The van der Waals surface area contributed by atoms with E-state index < -0.39 is 11.8 Å². The van der Waals surface area contributed by atoms with Gasteiger partial charge in [-0.3, -0.25) is 0 Å². The first-order valence-electron chi connectivity index (χ1n) is 10.7. The van der Waals surface area contributed by atoms with E-state index in [0.717, 1.165) is 35.4 Å². The van der Waals surface area contributed by atoms with Crippen LogP contribution in [0.15, 0.2) is 73.3 Å². The largest absolute Gasteiger partial charge is 0.348 e. The lowest BCUT2D eigenvalue weighted by Gasteiger charge is -2.25. The third-order valence-corrected chi connectivity index (χ3v) is 5.97. The normalized spacial score (nSPS) is 16.1. The summed E-state index contributed by atoms with van der Waals surface area (Å²) in [6, 6.07) is 13.6. The molecule has 0 N–H and O–H groups in total. The Morgan fingerprint density at radius 1 is 0.879 bits per heavy atom. The van der Waals surface area contributed by atoms with E-state index in [2.05, 4.69) is 15.2 Å². The molecule has 1 aliphatic rings. The number of pyridine rings is 1. The molecule has 5 heterocycles. The topological polar surface area (TPSA) is 64.1 Å². The van der Waals surface area contributed by atoms with Crippen LogP contribution < -0.4 is 4.90 Å². The molecule has 0 bridgehead atoms. The van der Waals surface area contributed by atoms with Gasteiger partial charge >= 0.3 is 0 Å². The maximum Gasteiger partial charge on any atom is 0.213 e. The van der Waals surface area contributed by atoms with Crippen molar-refractivity contribution in [3.8, 4) is 16.8 Å². The number of hydrogen-bond acceptors (Lipinski definition) is 5. The first kappa shape index (κ1) is 19.5. The van der Waals surface area contributed by atoms with Gasteiger partial charge in [0.05, 0.1) is 18.4 Å². The highest BCUT2D eigenvalue weighted by atomic mass is 19.1. The summed E-state index contributed by atoms with van der Waals surface area (Å²) in [5.41, 5.74) is 3.51. The van der Waals surface area contributed by atoms with Gasteiger partial charge < -0.3 is 4.90 Å². The number of halogens is 2. The van der Waals surface area contributed by atoms with Gasteiger partial charge in [0.2, 0.25) is 5.95 Å². The number of fused-ring (bicyclic) bond motifs is 1. The molecule has 1 fully saturated rings. The van der Waals surface area contributed by atoms with Gasteiger partial charge in [0.25, 0.3) is 0 Å². The molecule has 0 spiro atoms. The highest BCUT2D eigenvalue weighted by molar-refractivity contribution is 5.65. The van der Waals surface area contributed by atoms with Gasteiger partial charge in [-0.15, -0.1) is 0 Å². The highest BCUT2D eigenvalue weighted by Crippen LogP contribution is 2.36. The highest BCUT2D eigenvalue weighted by Gasteiger charge is 2.31. The molecule has 1 aliphatic heterocycles. The molecule has 4 aromatic heterocycles. The van der Waals surface area contributed by atoms with Crippen molar-refractivity contribution in [1.29, 1.82) is 0 Å². The van der Waals surface area contributed by atoms with Crippen LogP contribution in [0.2, 0.25) is 0 Å². The minimum absolute atomic E-state index is 0.113. The van der Waals surface area contributed by atoms with Crippen LogP contribution in [0.1, 0.15) is 24.6 Å². The fourth-order valence-electron chi connectivity index (χ4n) is 4.40. The number of nitrogens with zero attached hydrogens (tertiary/aromatic N) is 7. The Morgan fingerprint density at radius 3 is 2.64 bits per heavy atom. The van der Waals surface area contributed by atoms with E-state index in [0.29, 0.717) is 24.4 Å². The van der Waals surface area contributed by atoms with Gasteiger partial charge in [0, 0.05) is 24.5 Å². The number of aromatic nitrogens is 6. The Morgan fingerprint density at radius 2 is 1.76 bits per heavy atom. The molecule has 0 saturated carbocycles. The van der Waals surface area contributed by atoms with Crippen molar-refractivity contribution in [2.45, 2.75) is 18.9 Å². The molecule has 1 aromatic carbocycles. The molecule has 1 atom stereocenters. The van der Waals surface area contributed by atoms with E-state index in [1.54, 1.807) is 21.6 Å². The zero-order chi connectivity index (χ0) is 22.4. The lowest BCUT2D eigenvalue weighted by molar-refractivity contribution is 0.518. The van der Waals surface area contributed by atoms with Gasteiger partial charge in [0.15, 0.2) is 5.65 Å². The quantitative estimate of drug-likeness (QED) is 0.380. The fourth-order valence-corrected chi connectivity index (χ4v) is 4.40. The zero-order valence-corrected chi connectivity index (χ0v) is 17.5. The fraction of sp³-hybridized carbons (Fsp3) is 0.167. The van der Waals surface area contributed by atoms with E-state index in [4.69, 9.17) is 4.98 Å². The van der Waals surface area contributed by atoms with E-state index in [1.165, 1.54) is 0 Å². The Kier molecular flexibility index (Phi) is 4.60. The maximum atomic E-state index is 14.4. The van der Waals surface area contributed by atoms with Crippen molar-refractivity contribution in [3.05, 3.63) is 90.8 Å². The van der Waals surface area contributed by atoms with Crippen LogP contribution in [0.4, 0.5) is 14.6 Å². The standard InChI is InChI=1S/C24H19F2N7/c25-18-8-9-21(26)29-23(18)19-7-4-11-31(19)22-10-12-32-24(30-22)20(14-28-32)33-15-17(13-27-33)16-5-2-1-3-6-16/h1-3,5-6,8-10,12-15,19H,4,7,11H2/t19-/m1/s1. The maximum absolute atomic E-state index is 14.4. The van der Waals surface area contributed by atoms with Crippen LogP contribution >= 0.6 is 0 Å². The third-order valence-electron chi connectivity index (χ3n) is 5.97. The molecule has 0 unspecified atom stereocenters. The molecule has 7 nitrogen and oxygen atoms in total. The molecule has 33 heavy (non-hydrogen) atoms. The van der Waals surface area contributed by atoms with E-state index in [1.807, 2.05) is 53.7 Å². The van der Waals surface area contributed by atoms with Crippen LogP contribution in [0.25, 0.3) is 22.5 Å². The minimum atomic E-state index is -0.687. The van der Waals surface area contributed by atoms with Gasteiger partial charge in [-0.05, 0) is 36.6 Å². The molecular weight excluding hydrogens is 424 g/mol. The number of anilines is 1. The van der Waals surface area contributed by atoms with Crippen LogP contribution in [0.5, 0.6) is 0 Å². The molecule has 6 rings (SSSR count). The smallest absolute Gasteiger partial charge is 0.213 e. The number of hydrogen-bond donors (Lipinski definition) is 0. The van der Waals surface area contributed by atoms with Crippen molar-refractivity contribution < 1.29 is 8.78 Å². The van der Waals surface area contributed by atoms with Gasteiger partial charge in [-0.1, -0.05) is 30.3 Å². The van der Waals surface area contributed by atoms with Crippen LogP contribution in [0, 0.1) is 11.8 Å². The Hall–Kier alpha value is -4.14. The molecular formula is C24H19F2N7. The molecule has 1 saturated heterocycles. The minimum Gasteiger partial charge on any atom is -0.348 e. The van der Waals surface area contributed by atoms with E-state index >= 15 is 0 Å². The summed E-state index contributed by atoms with van der Waals surface area (Å²) in [5.74, 6) is -0.537. The molecule has 0 radical (unpaired) electrons. The summed E-state index contributed by atoms with van der Waals surface area (Å²) in [6.45, 7) is 0.675. The lowest BCUT2D eigenvalue weighted by Crippen LogP contribution is -2.25. The van der Waals surface area contributed by atoms with Crippen molar-refractivity contribution >= 4 is 11.5 Å². The van der Waals surface area contributed by atoms with Gasteiger partial charge in [0.1, 0.15) is 23.0 Å². The van der Waals surface area contributed by atoms with Crippen LogP contribution in [-0.4, -0.2) is 35.9 Å². The first-order chi connectivity index (χ1) is 16.2. The second-order valence-corrected chi connectivity index (χ2v) is 7.98. The Bertz CT molecular complexity index is 1440. The first-order valence-corrected chi connectivity index (χ1v) is 10.7. The van der Waals surface area contributed by atoms with Crippen molar-refractivity contribution in [3.63, 3.8) is 0 Å². The average Bonchev–Trinajstić information content (AvgIpc) is 3.60. The summed E-state index contributed by atoms with van der Waals surface area (Å²) >= 11 is 0. The lowest BCUT2D eigenvalue weighted by atomic mass is 10.1. The van der Waals surface area contributed by atoms with Gasteiger partial charge in [-0.25, -0.2) is 23.6 Å². The van der Waals surface area contributed by atoms with Crippen molar-refractivity contribution in [2.24, 2.45) is 0 Å². The Balaban J connectivity index is 1.38. The predicted molar refractivity (Wildman–Crippen MR) is 119 cm³/mol. The third kappa shape index (κ3) is 3.42. The second-order valence-electron chi connectivity index (χ2n) is 7.98. The molecule has 0 aliphatic carbocycles. The summed E-state index contributed by atoms with van der Waals surface area (Å²) in [4.78, 5) is 10.6. The van der Waals surface area contributed by atoms with E-state index in [-0.39, 0.29) is 11.7 Å². The van der Waals surface area contributed by atoms with Crippen molar-refractivity contribution in [2.75, 3.05) is 11.4 Å². The number of rotatable bonds is 4. The number of benzene rings is 1. The summed E-state index contributed by atoms with van der Waals surface area (Å²) in [5, 5.41) is 8.91. The van der Waals surface area contributed by atoms with Crippen molar-refractivity contribution in [1.82, 2.24) is 29.4 Å². The van der Waals surface area contributed by atoms with E-state index in [9.17, 15) is 8.78 Å².